The fraction of sp³-hybridized carbons (Fsp3) is 0.320. The number of carbonyl (C=O) groups is 3. The number of rotatable bonds is 9. The summed E-state index contributed by atoms with van der Waals surface area (Å²) < 4.78 is 14.8. The summed E-state index contributed by atoms with van der Waals surface area (Å²) in [5.41, 5.74) is 12.0. The smallest absolute Gasteiger partial charge is 0.273 e. The number of primary amides is 1. The largest absolute Gasteiger partial charge is 0.493 e. The maximum absolute atomic E-state index is 14.1. The van der Waals surface area contributed by atoms with Crippen molar-refractivity contribution in [2.75, 3.05) is 24.9 Å². The molecule has 2 heterocycles. The summed E-state index contributed by atoms with van der Waals surface area (Å²) in [5.74, 6) is -1.03. The summed E-state index contributed by atoms with van der Waals surface area (Å²) in [5, 5.41) is 3.10. The fourth-order valence-corrected chi connectivity index (χ4v) is 5.15. The molecule has 1 aliphatic rings. The Morgan fingerprint density at radius 2 is 1.76 bits per heavy atom. The molecular formula is C25H28N6O5S. The highest BCUT2D eigenvalue weighted by molar-refractivity contribution is 7.09. The van der Waals surface area contributed by atoms with Crippen LogP contribution in [0.3, 0.4) is 0 Å². The molecule has 0 spiro atoms. The van der Waals surface area contributed by atoms with E-state index in [1.807, 2.05) is 0 Å². The lowest BCUT2D eigenvalue weighted by Gasteiger charge is -2.32. The standard InChI is InChI=1S/C25H28N6O5S/c1-35-17-8-7-16(13-18(17)36-2)31(25(34)22-19(26)20(23(27)32)30-37-22)21(14-9-11-28-12-10-14)24(33)29-15-5-3-4-6-15/h7-13,15,21H,3-6,26H2,1-2H3,(H2,27,32)(H,29,33)/t21-/m1/s1. The Labute approximate surface area is 217 Å². The minimum Gasteiger partial charge on any atom is -0.493 e. The highest BCUT2D eigenvalue weighted by Crippen LogP contribution is 2.38. The fourth-order valence-electron chi connectivity index (χ4n) is 4.41. The van der Waals surface area contributed by atoms with Crippen molar-refractivity contribution in [3.63, 3.8) is 0 Å². The maximum atomic E-state index is 14.1. The number of nitrogen functional groups attached to an aromatic ring is 1. The van der Waals surface area contributed by atoms with Crippen molar-refractivity contribution in [3.05, 3.63) is 58.9 Å². The summed E-state index contributed by atoms with van der Waals surface area (Å²) in [6.45, 7) is 0. The molecule has 1 atom stereocenters. The molecule has 0 aliphatic heterocycles. The van der Waals surface area contributed by atoms with Crippen molar-refractivity contribution < 1.29 is 23.9 Å². The molecule has 0 bridgehead atoms. The zero-order valence-corrected chi connectivity index (χ0v) is 21.3. The van der Waals surface area contributed by atoms with Crippen molar-refractivity contribution in [1.82, 2.24) is 14.7 Å². The Bertz CT molecular complexity index is 1290. The molecule has 0 saturated heterocycles. The molecule has 194 valence electrons. The first-order valence-corrected chi connectivity index (χ1v) is 12.4. The summed E-state index contributed by atoms with van der Waals surface area (Å²) >= 11 is 0.743. The maximum Gasteiger partial charge on any atom is 0.273 e. The molecule has 1 fully saturated rings. The average Bonchev–Trinajstić information content (AvgIpc) is 3.56. The third-order valence-electron chi connectivity index (χ3n) is 6.25. The van der Waals surface area contributed by atoms with Gasteiger partial charge in [0, 0.05) is 30.2 Å². The Hall–Kier alpha value is -4.19. The third kappa shape index (κ3) is 5.33. The van der Waals surface area contributed by atoms with Crippen LogP contribution in [0.2, 0.25) is 0 Å². The Morgan fingerprint density at radius 1 is 1.08 bits per heavy atom. The Morgan fingerprint density at radius 3 is 2.35 bits per heavy atom. The number of nitrogens with zero attached hydrogens (tertiary/aromatic N) is 3. The van der Waals surface area contributed by atoms with E-state index in [1.165, 1.54) is 19.1 Å². The van der Waals surface area contributed by atoms with Crippen molar-refractivity contribution in [2.45, 2.75) is 37.8 Å². The van der Waals surface area contributed by atoms with Gasteiger partial charge in [0.2, 0.25) is 5.91 Å². The molecule has 1 saturated carbocycles. The summed E-state index contributed by atoms with van der Waals surface area (Å²) in [7, 11) is 2.97. The van der Waals surface area contributed by atoms with E-state index in [2.05, 4.69) is 14.7 Å². The van der Waals surface area contributed by atoms with E-state index in [0.717, 1.165) is 37.2 Å². The summed E-state index contributed by atoms with van der Waals surface area (Å²) in [6.07, 6.45) is 6.88. The number of methoxy groups -OCH3 is 2. The lowest BCUT2D eigenvalue weighted by molar-refractivity contribution is -0.123. The van der Waals surface area contributed by atoms with Crippen LogP contribution in [0.25, 0.3) is 0 Å². The van der Waals surface area contributed by atoms with E-state index in [-0.39, 0.29) is 28.2 Å². The molecular weight excluding hydrogens is 496 g/mol. The lowest BCUT2D eigenvalue weighted by atomic mass is 10.0. The number of carbonyl (C=O) groups excluding carboxylic acids is 3. The van der Waals surface area contributed by atoms with E-state index >= 15 is 0 Å². The monoisotopic (exact) mass is 524 g/mol. The number of benzene rings is 1. The molecule has 1 aromatic carbocycles. The molecule has 5 N–H and O–H groups in total. The molecule has 11 nitrogen and oxygen atoms in total. The van der Waals surface area contributed by atoms with Crippen LogP contribution in [0.1, 0.15) is 57.4 Å². The molecule has 12 heteroatoms. The third-order valence-corrected chi connectivity index (χ3v) is 7.10. The predicted molar refractivity (Wildman–Crippen MR) is 139 cm³/mol. The lowest BCUT2D eigenvalue weighted by Crippen LogP contribution is -2.46. The van der Waals surface area contributed by atoms with Crippen LogP contribution in [0.15, 0.2) is 42.7 Å². The van der Waals surface area contributed by atoms with E-state index in [4.69, 9.17) is 20.9 Å². The van der Waals surface area contributed by atoms with Gasteiger partial charge < -0.3 is 26.3 Å². The number of aromatic nitrogens is 2. The number of pyridine rings is 1. The second-order valence-electron chi connectivity index (χ2n) is 8.53. The topological polar surface area (TPSA) is 163 Å². The Balaban J connectivity index is 1.88. The highest BCUT2D eigenvalue weighted by atomic mass is 32.1. The van der Waals surface area contributed by atoms with E-state index < -0.39 is 17.9 Å². The van der Waals surface area contributed by atoms with Crippen molar-refractivity contribution in [1.29, 1.82) is 0 Å². The van der Waals surface area contributed by atoms with Crippen molar-refractivity contribution in [3.8, 4) is 11.5 Å². The Kier molecular flexibility index (Phi) is 7.87. The number of nitrogens with two attached hydrogens (primary N) is 2. The minimum absolute atomic E-state index is 0.00845. The number of hydrogen-bond donors (Lipinski definition) is 3. The first-order chi connectivity index (χ1) is 17.8. The second-order valence-corrected chi connectivity index (χ2v) is 9.30. The summed E-state index contributed by atoms with van der Waals surface area (Å²) in [6, 6.07) is 7.14. The van der Waals surface area contributed by atoms with Gasteiger partial charge in [-0.25, -0.2) is 0 Å². The quantitative estimate of drug-likeness (QED) is 0.385. The van der Waals surface area contributed by atoms with Gasteiger partial charge in [0.15, 0.2) is 17.2 Å². The number of anilines is 2. The first-order valence-electron chi connectivity index (χ1n) is 11.7. The number of amides is 3. The zero-order chi connectivity index (χ0) is 26.5. The van der Waals surface area contributed by atoms with E-state index in [9.17, 15) is 14.4 Å². The normalized spacial score (nSPS) is 14.1. The SMILES string of the molecule is COc1ccc(N(C(=O)c2snc(C(N)=O)c2N)[C@@H](C(=O)NC2CCCC2)c2ccncc2)cc1OC. The van der Waals surface area contributed by atoms with Gasteiger partial charge in [0.25, 0.3) is 11.8 Å². The molecule has 2 aromatic heterocycles. The van der Waals surface area contributed by atoms with E-state index in [1.54, 1.807) is 42.7 Å². The van der Waals surface area contributed by atoms with Crippen LogP contribution in [-0.2, 0) is 4.79 Å². The van der Waals surface area contributed by atoms with Crippen molar-refractivity contribution >= 4 is 40.6 Å². The van der Waals surface area contributed by atoms with Crippen LogP contribution in [0.5, 0.6) is 11.5 Å². The van der Waals surface area contributed by atoms with Crippen LogP contribution in [-0.4, -0.2) is 47.3 Å². The molecule has 0 unspecified atom stereocenters. The second kappa shape index (κ2) is 11.2. The van der Waals surface area contributed by atoms with Gasteiger partial charge in [0.05, 0.1) is 19.9 Å². The van der Waals surface area contributed by atoms with Crippen LogP contribution in [0.4, 0.5) is 11.4 Å². The number of ether oxygens (including phenoxy) is 2. The van der Waals surface area contributed by atoms with E-state index in [0.29, 0.717) is 22.7 Å². The highest BCUT2D eigenvalue weighted by Gasteiger charge is 2.37. The number of nitrogens with one attached hydrogen (secondary N) is 1. The van der Waals surface area contributed by atoms with Gasteiger partial charge in [-0.15, -0.1) is 0 Å². The molecule has 0 radical (unpaired) electrons. The van der Waals surface area contributed by atoms with Gasteiger partial charge >= 0.3 is 0 Å². The average molecular weight is 525 g/mol. The minimum atomic E-state index is -1.09. The van der Waals surface area contributed by atoms with Gasteiger partial charge in [0.1, 0.15) is 10.9 Å². The molecule has 3 aromatic rings. The predicted octanol–water partition coefficient (Wildman–Crippen LogP) is 2.68. The van der Waals surface area contributed by atoms with Crippen LogP contribution < -0.4 is 31.2 Å². The van der Waals surface area contributed by atoms with Crippen LogP contribution >= 0.6 is 11.5 Å². The molecule has 3 amide bonds. The first kappa shape index (κ1) is 25.9. The van der Waals surface area contributed by atoms with Crippen LogP contribution in [0, 0.1) is 0 Å². The van der Waals surface area contributed by atoms with Crippen molar-refractivity contribution in [2.24, 2.45) is 5.73 Å². The van der Waals surface area contributed by atoms with Gasteiger partial charge in [-0.2, -0.15) is 4.37 Å². The number of hydrogen-bond acceptors (Lipinski definition) is 9. The molecule has 4 rings (SSSR count). The van der Waals surface area contributed by atoms with Gasteiger partial charge in [-0.05, 0) is 54.2 Å². The van der Waals surface area contributed by atoms with Gasteiger partial charge in [-0.3, -0.25) is 24.3 Å². The molecule has 37 heavy (non-hydrogen) atoms. The van der Waals surface area contributed by atoms with Gasteiger partial charge in [-0.1, -0.05) is 12.8 Å². The zero-order valence-electron chi connectivity index (χ0n) is 20.5. The molecule has 1 aliphatic carbocycles. The summed E-state index contributed by atoms with van der Waals surface area (Å²) in [4.78, 5) is 45.1.